The molecule has 114 valence electrons. The van der Waals surface area contributed by atoms with Gasteiger partial charge in [0.05, 0.1) is 10.0 Å². The van der Waals surface area contributed by atoms with Crippen LogP contribution in [0, 0.1) is 5.92 Å². The summed E-state index contributed by atoms with van der Waals surface area (Å²) in [6, 6.07) is 9.16. The number of hydrogen-bond donors (Lipinski definition) is 1. The summed E-state index contributed by atoms with van der Waals surface area (Å²) < 4.78 is 0. The molecule has 7 heteroatoms. The second-order valence-corrected chi connectivity index (χ2v) is 6.87. The Hall–Kier alpha value is -1.30. The van der Waals surface area contributed by atoms with E-state index in [4.69, 9.17) is 23.2 Å². The molecule has 0 spiro atoms. The zero-order chi connectivity index (χ0) is 15.5. The van der Waals surface area contributed by atoms with Gasteiger partial charge in [-0.05, 0) is 42.7 Å². The number of aromatic nitrogens is 2. The molecule has 0 atom stereocenters. The number of rotatable bonds is 5. The van der Waals surface area contributed by atoms with Gasteiger partial charge in [-0.1, -0.05) is 41.0 Å². The molecule has 0 radical (unpaired) electrons. The van der Waals surface area contributed by atoms with Crippen LogP contribution in [-0.2, 0) is 10.5 Å². The summed E-state index contributed by atoms with van der Waals surface area (Å²) in [5.74, 6) is 1.41. The molecule has 1 saturated carbocycles. The minimum Gasteiger partial charge on any atom is -0.309 e. The molecule has 0 aliphatic heterocycles. The van der Waals surface area contributed by atoms with Crippen LogP contribution in [0.4, 0.5) is 5.82 Å². The topological polar surface area (TPSA) is 54.9 Å². The molecule has 1 aromatic heterocycles. The monoisotopic (exact) mass is 353 g/mol. The highest BCUT2D eigenvalue weighted by Gasteiger charge is 2.29. The minimum atomic E-state index is 0.0329. The van der Waals surface area contributed by atoms with Crippen LogP contribution in [0.2, 0.25) is 10.0 Å². The van der Waals surface area contributed by atoms with Crippen LogP contribution in [-0.4, -0.2) is 16.1 Å². The number of benzene rings is 1. The van der Waals surface area contributed by atoms with E-state index >= 15 is 0 Å². The highest BCUT2D eigenvalue weighted by atomic mass is 35.5. The lowest BCUT2D eigenvalue weighted by molar-refractivity contribution is -0.117. The van der Waals surface area contributed by atoms with Crippen molar-refractivity contribution < 1.29 is 4.79 Å². The summed E-state index contributed by atoms with van der Waals surface area (Å²) in [6.45, 7) is 0. The van der Waals surface area contributed by atoms with E-state index in [-0.39, 0.29) is 11.8 Å². The van der Waals surface area contributed by atoms with Crippen LogP contribution in [0.1, 0.15) is 18.4 Å². The first kappa shape index (κ1) is 15.6. The molecule has 4 nitrogen and oxygen atoms in total. The third kappa shape index (κ3) is 4.12. The molecule has 0 bridgehead atoms. The van der Waals surface area contributed by atoms with Crippen LogP contribution in [0.15, 0.2) is 35.4 Å². The second kappa shape index (κ2) is 6.86. The average Bonchev–Trinajstić information content (AvgIpc) is 3.35. The van der Waals surface area contributed by atoms with Gasteiger partial charge >= 0.3 is 0 Å². The number of anilines is 1. The third-order valence-electron chi connectivity index (χ3n) is 3.21. The normalized spacial score (nSPS) is 13.9. The van der Waals surface area contributed by atoms with Crippen LogP contribution in [0.25, 0.3) is 0 Å². The maximum atomic E-state index is 11.6. The van der Waals surface area contributed by atoms with Gasteiger partial charge in [0.2, 0.25) is 5.91 Å². The van der Waals surface area contributed by atoms with E-state index in [1.807, 2.05) is 18.2 Å². The molecular formula is C15H13Cl2N3OS. The third-order valence-corrected chi connectivity index (χ3v) is 4.94. The number of hydrogen-bond acceptors (Lipinski definition) is 4. The minimum absolute atomic E-state index is 0.0329. The molecule has 1 amide bonds. The van der Waals surface area contributed by atoms with Crippen molar-refractivity contribution in [1.82, 2.24) is 10.2 Å². The smallest absolute Gasteiger partial charge is 0.228 e. The number of halogens is 2. The Bertz CT molecular complexity index is 690. The molecule has 0 unspecified atom stereocenters. The number of amides is 1. The van der Waals surface area contributed by atoms with Gasteiger partial charge < -0.3 is 5.32 Å². The van der Waals surface area contributed by atoms with Crippen molar-refractivity contribution in [2.45, 2.75) is 23.6 Å². The summed E-state index contributed by atoms with van der Waals surface area (Å²) in [5, 5.41) is 12.8. The predicted octanol–water partition coefficient (Wildman–Crippen LogP) is 4.42. The molecule has 1 aliphatic rings. The van der Waals surface area contributed by atoms with Gasteiger partial charge in [0.15, 0.2) is 5.82 Å². The molecule has 22 heavy (non-hydrogen) atoms. The molecular weight excluding hydrogens is 341 g/mol. The number of thioether (sulfide) groups is 1. The Morgan fingerprint density at radius 3 is 2.64 bits per heavy atom. The summed E-state index contributed by atoms with van der Waals surface area (Å²) in [5.41, 5.74) is 1.06. The van der Waals surface area contributed by atoms with Crippen molar-refractivity contribution in [3.63, 3.8) is 0 Å². The first-order chi connectivity index (χ1) is 10.6. The lowest BCUT2D eigenvalue weighted by atomic mass is 10.2. The summed E-state index contributed by atoms with van der Waals surface area (Å²) in [4.78, 5) is 11.6. The van der Waals surface area contributed by atoms with E-state index in [1.54, 1.807) is 23.9 Å². The van der Waals surface area contributed by atoms with Crippen LogP contribution >= 0.6 is 35.0 Å². The molecule has 1 N–H and O–H groups in total. The van der Waals surface area contributed by atoms with Crippen molar-refractivity contribution in [3.8, 4) is 0 Å². The van der Waals surface area contributed by atoms with Gasteiger partial charge in [-0.2, -0.15) is 0 Å². The van der Waals surface area contributed by atoms with Gasteiger partial charge in [-0.15, -0.1) is 10.2 Å². The van der Waals surface area contributed by atoms with Crippen LogP contribution in [0.3, 0.4) is 0 Å². The quantitative estimate of drug-likeness (QED) is 0.808. The predicted molar refractivity (Wildman–Crippen MR) is 89.4 cm³/mol. The molecule has 3 rings (SSSR count). The summed E-state index contributed by atoms with van der Waals surface area (Å²) in [7, 11) is 0. The lowest BCUT2D eigenvalue weighted by Crippen LogP contribution is -2.14. The maximum Gasteiger partial charge on any atom is 0.228 e. The van der Waals surface area contributed by atoms with E-state index in [9.17, 15) is 4.79 Å². The fourth-order valence-corrected chi connectivity index (χ4v) is 2.90. The first-order valence-corrected chi connectivity index (χ1v) is 8.57. The Morgan fingerprint density at radius 2 is 2.00 bits per heavy atom. The Kier molecular flexibility index (Phi) is 4.86. The first-order valence-electron chi connectivity index (χ1n) is 6.83. The second-order valence-electron chi connectivity index (χ2n) is 5.06. The number of nitrogens with one attached hydrogen (secondary N) is 1. The Balaban J connectivity index is 1.56. The van der Waals surface area contributed by atoms with Crippen molar-refractivity contribution >= 4 is 46.7 Å². The van der Waals surface area contributed by atoms with Crippen molar-refractivity contribution in [1.29, 1.82) is 0 Å². The SMILES string of the molecule is O=C(Nc1ccc(SCc2ccc(Cl)c(Cl)c2)nn1)C1CC1. The van der Waals surface area contributed by atoms with Crippen molar-refractivity contribution in [3.05, 3.63) is 45.9 Å². The Labute approximate surface area is 142 Å². The summed E-state index contributed by atoms with van der Waals surface area (Å²) >= 11 is 13.4. The van der Waals surface area contributed by atoms with E-state index in [1.165, 1.54) is 0 Å². The van der Waals surface area contributed by atoms with Crippen LogP contribution < -0.4 is 5.32 Å². The zero-order valence-electron chi connectivity index (χ0n) is 11.6. The van der Waals surface area contributed by atoms with E-state index < -0.39 is 0 Å². The van der Waals surface area contributed by atoms with Gasteiger partial charge in [0, 0.05) is 11.7 Å². The van der Waals surface area contributed by atoms with E-state index in [0.717, 1.165) is 29.2 Å². The highest BCUT2D eigenvalue weighted by Crippen LogP contribution is 2.30. The summed E-state index contributed by atoms with van der Waals surface area (Å²) in [6.07, 6.45) is 1.94. The molecule has 2 aromatic rings. The van der Waals surface area contributed by atoms with Crippen LogP contribution in [0.5, 0.6) is 0 Å². The molecule has 1 heterocycles. The molecule has 1 aromatic carbocycles. The number of carbonyl (C=O) groups is 1. The zero-order valence-corrected chi connectivity index (χ0v) is 13.9. The fourth-order valence-electron chi connectivity index (χ4n) is 1.82. The number of carbonyl (C=O) groups excluding carboxylic acids is 1. The fraction of sp³-hybridized carbons (Fsp3) is 0.267. The molecule has 1 aliphatic carbocycles. The number of nitrogens with zero attached hydrogens (tertiary/aromatic N) is 2. The standard InChI is InChI=1S/C15H13Cl2N3OS/c16-11-4-1-9(7-12(11)17)8-22-14-6-5-13(19-20-14)18-15(21)10-2-3-10/h1,4-7,10H,2-3,8H2,(H,18,19,21). The van der Waals surface area contributed by atoms with Crippen molar-refractivity contribution in [2.75, 3.05) is 5.32 Å². The highest BCUT2D eigenvalue weighted by molar-refractivity contribution is 7.98. The largest absolute Gasteiger partial charge is 0.309 e. The van der Waals surface area contributed by atoms with Gasteiger partial charge in [0.25, 0.3) is 0 Å². The Morgan fingerprint density at radius 1 is 1.18 bits per heavy atom. The van der Waals surface area contributed by atoms with E-state index in [0.29, 0.717) is 15.9 Å². The maximum absolute atomic E-state index is 11.6. The molecule has 1 fully saturated rings. The molecule has 0 saturated heterocycles. The van der Waals surface area contributed by atoms with E-state index in [2.05, 4.69) is 15.5 Å². The average molecular weight is 354 g/mol. The lowest BCUT2D eigenvalue weighted by Gasteiger charge is -2.05. The van der Waals surface area contributed by atoms with Gasteiger partial charge in [-0.25, -0.2) is 0 Å². The van der Waals surface area contributed by atoms with Crippen molar-refractivity contribution in [2.24, 2.45) is 5.92 Å². The van der Waals surface area contributed by atoms with Gasteiger partial charge in [-0.3, -0.25) is 4.79 Å². The van der Waals surface area contributed by atoms with Gasteiger partial charge in [0.1, 0.15) is 5.03 Å².